The van der Waals surface area contributed by atoms with Crippen LogP contribution in [-0.2, 0) is 7.05 Å². The SMILES string of the molecule is CC(O)C(N)CNc1ncnc2c1cnn2C. The monoisotopic (exact) mass is 236 g/mol. The molecule has 2 unspecified atom stereocenters. The van der Waals surface area contributed by atoms with E-state index in [9.17, 15) is 5.11 Å². The predicted molar refractivity (Wildman–Crippen MR) is 64.4 cm³/mol. The molecule has 0 aliphatic carbocycles. The Hall–Kier alpha value is -1.73. The third kappa shape index (κ3) is 2.34. The molecule has 0 saturated heterocycles. The van der Waals surface area contributed by atoms with Gasteiger partial charge in [-0.15, -0.1) is 0 Å². The summed E-state index contributed by atoms with van der Waals surface area (Å²) < 4.78 is 1.68. The second-order valence-electron chi connectivity index (χ2n) is 4.01. The summed E-state index contributed by atoms with van der Waals surface area (Å²) in [5, 5.41) is 17.3. The number of nitrogens with zero attached hydrogens (tertiary/aromatic N) is 4. The highest BCUT2D eigenvalue weighted by Gasteiger charge is 2.11. The Labute approximate surface area is 98.7 Å². The van der Waals surface area contributed by atoms with Crippen LogP contribution in [0.3, 0.4) is 0 Å². The first-order chi connectivity index (χ1) is 8.09. The van der Waals surface area contributed by atoms with Gasteiger partial charge in [-0.25, -0.2) is 9.97 Å². The van der Waals surface area contributed by atoms with Crippen LogP contribution in [0.4, 0.5) is 5.82 Å². The Morgan fingerprint density at radius 1 is 1.53 bits per heavy atom. The first kappa shape index (κ1) is 11.7. The zero-order chi connectivity index (χ0) is 12.4. The molecule has 0 spiro atoms. The Bertz CT molecular complexity index is 508. The normalized spacial score (nSPS) is 14.8. The molecule has 92 valence electrons. The highest BCUT2D eigenvalue weighted by molar-refractivity contribution is 5.85. The van der Waals surface area contributed by atoms with Crippen LogP contribution in [-0.4, -0.2) is 43.5 Å². The van der Waals surface area contributed by atoms with Crippen LogP contribution in [0.25, 0.3) is 11.0 Å². The number of nitrogens with two attached hydrogens (primary N) is 1. The summed E-state index contributed by atoms with van der Waals surface area (Å²) in [6, 6.07) is -0.336. The minimum absolute atomic E-state index is 0.336. The molecule has 0 aromatic carbocycles. The van der Waals surface area contributed by atoms with E-state index in [1.54, 1.807) is 17.8 Å². The highest BCUT2D eigenvalue weighted by atomic mass is 16.3. The number of hydrogen-bond donors (Lipinski definition) is 3. The summed E-state index contributed by atoms with van der Waals surface area (Å²) in [6.07, 6.45) is 2.61. The van der Waals surface area contributed by atoms with Crippen molar-refractivity contribution < 1.29 is 5.11 Å². The number of hydrogen-bond acceptors (Lipinski definition) is 6. The van der Waals surface area contributed by atoms with Gasteiger partial charge >= 0.3 is 0 Å². The van der Waals surface area contributed by atoms with Crippen molar-refractivity contribution in [2.24, 2.45) is 12.8 Å². The zero-order valence-electron chi connectivity index (χ0n) is 9.83. The minimum atomic E-state index is -0.561. The lowest BCUT2D eigenvalue weighted by Crippen LogP contribution is -2.38. The van der Waals surface area contributed by atoms with Gasteiger partial charge in [0.1, 0.15) is 12.1 Å². The Morgan fingerprint density at radius 2 is 2.29 bits per heavy atom. The number of aromatic nitrogens is 4. The fourth-order valence-corrected chi connectivity index (χ4v) is 1.49. The van der Waals surface area contributed by atoms with E-state index in [2.05, 4.69) is 20.4 Å². The molecular weight excluding hydrogens is 220 g/mol. The van der Waals surface area contributed by atoms with E-state index in [0.717, 1.165) is 11.0 Å². The Kier molecular flexibility index (Phi) is 3.21. The highest BCUT2D eigenvalue weighted by Crippen LogP contribution is 2.17. The standard InChI is InChI=1S/C10H16N6O/c1-6(17)8(11)4-12-9-7-3-15-16(2)10(7)14-5-13-9/h3,5-6,8,17H,4,11H2,1-2H3,(H,12,13,14). The van der Waals surface area contributed by atoms with Crippen molar-refractivity contribution in [1.82, 2.24) is 19.7 Å². The van der Waals surface area contributed by atoms with Crippen molar-refractivity contribution >= 4 is 16.9 Å². The van der Waals surface area contributed by atoms with Crippen molar-refractivity contribution in [3.8, 4) is 0 Å². The fourth-order valence-electron chi connectivity index (χ4n) is 1.49. The van der Waals surface area contributed by atoms with E-state index in [0.29, 0.717) is 12.4 Å². The average molecular weight is 236 g/mol. The molecular formula is C10H16N6O. The second kappa shape index (κ2) is 4.64. The number of aryl methyl sites for hydroxylation is 1. The van der Waals surface area contributed by atoms with Gasteiger partial charge in [-0.3, -0.25) is 4.68 Å². The van der Waals surface area contributed by atoms with E-state index in [1.165, 1.54) is 6.33 Å². The molecule has 7 heteroatoms. The van der Waals surface area contributed by atoms with E-state index in [4.69, 9.17) is 5.73 Å². The maximum atomic E-state index is 9.30. The average Bonchev–Trinajstić information content (AvgIpc) is 2.69. The predicted octanol–water partition coefficient (Wildman–Crippen LogP) is -0.517. The van der Waals surface area contributed by atoms with Crippen LogP contribution in [0.5, 0.6) is 0 Å². The number of fused-ring (bicyclic) bond motifs is 1. The van der Waals surface area contributed by atoms with Gasteiger partial charge < -0.3 is 16.2 Å². The van der Waals surface area contributed by atoms with Crippen molar-refractivity contribution in [3.05, 3.63) is 12.5 Å². The third-order valence-electron chi connectivity index (χ3n) is 2.65. The lowest BCUT2D eigenvalue weighted by Gasteiger charge is -2.15. The van der Waals surface area contributed by atoms with Crippen LogP contribution in [0, 0.1) is 0 Å². The molecule has 2 rings (SSSR count). The van der Waals surface area contributed by atoms with Gasteiger partial charge in [-0.2, -0.15) is 5.10 Å². The second-order valence-corrected chi connectivity index (χ2v) is 4.01. The molecule has 0 saturated carbocycles. The van der Waals surface area contributed by atoms with Crippen molar-refractivity contribution in [2.75, 3.05) is 11.9 Å². The number of rotatable bonds is 4. The number of aliphatic hydroxyl groups is 1. The van der Waals surface area contributed by atoms with Gasteiger partial charge in [-0.05, 0) is 6.92 Å². The molecule has 7 nitrogen and oxygen atoms in total. The van der Waals surface area contributed by atoms with Crippen LogP contribution >= 0.6 is 0 Å². The largest absolute Gasteiger partial charge is 0.392 e. The molecule has 4 N–H and O–H groups in total. The molecule has 2 heterocycles. The zero-order valence-corrected chi connectivity index (χ0v) is 9.83. The lowest BCUT2D eigenvalue weighted by molar-refractivity contribution is 0.168. The molecule has 0 bridgehead atoms. The summed E-state index contributed by atoms with van der Waals surface area (Å²) in [7, 11) is 1.82. The summed E-state index contributed by atoms with van der Waals surface area (Å²) in [5.41, 5.74) is 6.49. The van der Waals surface area contributed by atoms with E-state index in [-0.39, 0.29) is 6.04 Å². The third-order valence-corrected chi connectivity index (χ3v) is 2.65. The Balaban J connectivity index is 2.19. The summed E-state index contributed by atoms with van der Waals surface area (Å²) in [5.74, 6) is 0.680. The van der Waals surface area contributed by atoms with Crippen LogP contribution < -0.4 is 11.1 Å². The molecule has 0 fully saturated rings. The van der Waals surface area contributed by atoms with Crippen molar-refractivity contribution in [3.63, 3.8) is 0 Å². The van der Waals surface area contributed by atoms with Crippen molar-refractivity contribution in [1.29, 1.82) is 0 Å². The Morgan fingerprint density at radius 3 is 3.00 bits per heavy atom. The maximum absolute atomic E-state index is 9.30. The number of anilines is 1. The number of aliphatic hydroxyl groups excluding tert-OH is 1. The van der Waals surface area contributed by atoms with Gasteiger partial charge in [0, 0.05) is 19.6 Å². The van der Waals surface area contributed by atoms with E-state index >= 15 is 0 Å². The topological polar surface area (TPSA) is 102 Å². The first-order valence-corrected chi connectivity index (χ1v) is 5.40. The van der Waals surface area contributed by atoms with Gasteiger partial charge in [0.25, 0.3) is 0 Å². The first-order valence-electron chi connectivity index (χ1n) is 5.40. The minimum Gasteiger partial charge on any atom is -0.392 e. The molecule has 2 aromatic heterocycles. The van der Waals surface area contributed by atoms with Crippen LogP contribution in [0.1, 0.15) is 6.92 Å². The molecule has 2 aromatic rings. The van der Waals surface area contributed by atoms with Gasteiger partial charge in [-0.1, -0.05) is 0 Å². The smallest absolute Gasteiger partial charge is 0.163 e. The quantitative estimate of drug-likeness (QED) is 0.660. The summed E-state index contributed by atoms with van der Waals surface area (Å²) in [4.78, 5) is 8.27. The van der Waals surface area contributed by atoms with E-state index in [1.807, 2.05) is 7.05 Å². The summed E-state index contributed by atoms with van der Waals surface area (Å²) >= 11 is 0. The van der Waals surface area contributed by atoms with Crippen molar-refractivity contribution in [2.45, 2.75) is 19.1 Å². The summed E-state index contributed by atoms with van der Waals surface area (Å²) in [6.45, 7) is 2.10. The lowest BCUT2D eigenvalue weighted by atomic mass is 10.2. The van der Waals surface area contributed by atoms with Gasteiger partial charge in [0.2, 0.25) is 0 Å². The van der Waals surface area contributed by atoms with Crippen LogP contribution in [0.15, 0.2) is 12.5 Å². The maximum Gasteiger partial charge on any atom is 0.163 e. The van der Waals surface area contributed by atoms with E-state index < -0.39 is 6.10 Å². The van der Waals surface area contributed by atoms with Gasteiger partial charge in [0.15, 0.2) is 5.65 Å². The molecule has 0 amide bonds. The molecule has 0 aliphatic heterocycles. The van der Waals surface area contributed by atoms with Crippen LogP contribution in [0.2, 0.25) is 0 Å². The number of nitrogens with one attached hydrogen (secondary N) is 1. The molecule has 0 aliphatic rings. The van der Waals surface area contributed by atoms with Gasteiger partial charge in [0.05, 0.1) is 17.7 Å². The molecule has 0 radical (unpaired) electrons. The molecule has 17 heavy (non-hydrogen) atoms. The molecule has 2 atom stereocenters. The fraction of sp³-hybridized carbons (Fsp3) is 0.500.